The van der Waals surface area contributed by atoms with Crippen molar-refractivity contribution in [1.82, 2.24) is 9.80 Å². The number of rotatable bonds is 0. The molecule has 0 saturated carbocycles. The van der Waals surface area contributed by atoms with Gasteiger partial charge in [-0.3, -0.25) is 9.69 Å². The Balaban J connectivity index is -0.000000528. The molecular formula is C26H49BrMgN2O9. The summed E-state index contributed by atoms with van der Waals surface area (Å²) < 4.78 is 25.6. The van der Waals surface area contributed by atoms with Crippen LogP contribution in [-0.2, 0) is 28.5 Å². The largest absolute Gasteiger partial charge is 2.00 e. The smallest absolute Gasteiger partial charge is 1.00 e. The first kappa shape index (κ1) is 42.8. The molecule has 11 nitrogen and oxygen atoms in total. The molecule has 1 unspecified atom stereocenters. The molecule has 0 radical (unpaired) electrons. The molecule has 0 spiro atoms. The fraction of sp³-hybridized carbons (Fsp3) is 0.846. The standard InChI is InChI=1S/C11H21NO4.C10H17NO4.C4H8O.CH3.BrH.Mg/c1-10(2,3)16-9(13)12-5-6-15-8-11(4,14)7-12;1-10(2,3)15-9(13)11-4-5-14-7-8(12)6-11;1-2-4-5-3-1;;;/h14H,5-8H2,1-4H3;4-7H2,1-3H3;1-4H2;1H3;1H;/q;;;-1;;+2/p-1. The van der Waals surface area contributed by atoms with Crippen molar-refractivity contribution >= 4 is 41.0 Å². The molecule has 3 heterocycles. The third-order valence-corrected chi connectivity index (χ3v) is 4.72. The fourth-order valence-electron chi connectivity index (χ4n) is 3.18. The van der Waals surface area contributed by atoms with Crippen molar-refractivity contribution in [3.63, 3.8) is 0 Å². The van der Waals surface area contributed by atoms with Gasteiger partial charge in [0.2, 0.25) is 0 Å². The summed E-state index contributed by atoms with van der Waals surface area (Å²) in [7, 11) is 0. The maximum absolute atomic E-state index is 11.8. The Morgan fingerprint density at radius 3 is 1.77 bits per heavy atom. The van der Waals surface area contributed by atoms with Gasteiger partial charge in [-0.1, -0.05) is 0 Å². The van der Waals surface area contributed by atoms with Gasteiger partial charge in [-0.25, -0.2) is 9.59 Å². The molecule has 1 atom stereocenters. The number of ether oxygens (including phenoxy) is 5. The Hall–Kier alpha value is -0.704. The van der Waals surface area contributed by atoms with E-state index in [0.29, 0.717) is 26.3 Å². The molecule has 0 bridgehead atoms. The fourth-order valence-corrected chi connectivity index (χ4v) is 3.18. The van der Waals surface area contributed by atoms with Gasteiger partial charge >= 0.3 is 35.2 Å². The van der Waals surface area contributed by atoms with Crippen LogP contribution in [0.5, 0.6) is 0 Å². The summed E-state index contributed by atoms with van der Waals surface area (Å²) in [5, 5.41) is 9.90. The maximum atomic E-state index is 11.8. The van der Waals surface area contributed by atoms with Gasteiger partial charge in [-0.2, -0.15) is 0 Å². The molecule has 2 amide bonds. The average molecular weight is 638 g/mol. The minimum atomic E-state index is -1.01. The van der Waals surface area contributed by atoms with Crippen molar-refractivity contribution in [3.05, 3.63) is 7.43 Å². The quantitative estimate of drug-likeness (QED) is 0.282. The van der Waals surface area contributed by atoms with Crippen LogP contribution in [0.2, 0.25) is 0 Å². The van der Waals surface area contributed by atoms with Gasteiger partial charge in [-0.05, 0) is 61.3 Å². The SMILES string of the molecule is C1CCOC1.CC(C)(C)OC(=O)N1CCOCC(=O)C1.CC1(O)COCCN(C(=O)OC(C)(C)C)C1.[Br-].[CH3-].[Mg+2]. The van der Waals surface area contributed by atoms with E-state index in [1.54, 1.807) is 27.7 Å². The van der Waals surface area contributed by atoms with Crippen LogP contribution in [0.1, 0.15) is 61.3 Å². The monoisotopic (exact) mass is 636 g/mol. The van der Waals surface area contributed by atoms with Crippen LogP contribution in [0.25, 0.3) is 0 Å². The summed E-state index contributed by atoms with van der Waals surface area (Å²) in [6.45, 7) is 16.8. The number of amides is 2. The van der Waals surface area contributed by atoms with Crippen LogP contribution in [0.15, 0.2) is 0 Å². The van der Waals surface area contributed by atoms with Crippen LogP contribution in [0, 0.1) is 7.43 Å². The van der Waals surface area contributed by atoms with E-state index in [1.807, 2.05) is 20.8 Å². The Morgan fingerprint density at radius 1 is 0.846 bits per heavy atom. The van der Waals surface area contributed by atoms with Crippen molar-refractivity contribution in [2.75, 3.05) is 65.8 Å². The summed E-state index contributed by atoms with van der Waals surface area (Å²) in [5.74, 6) is -0.0987. The summed E-state index contributed by atoms with van der Waals surface area (Å²) in [5.41, 5.74) is -2.06. The topological polar surface area (TPSA) is 124 Å². The molecule has 1 N–H and O–H groups in total. The molecule has 0 aliphatic carbocycles. The van der Waals surface area contributed by atoms with Gasteiger partial charge in [0.05, 0.1) is 32.9 Å². The van der Waals surface area contributed by atoms with Crippen molar-refractivity contribution in [2.45, 2.75) is 78.1 Å². The number of aliphatic hydroxyl groups is 1. The predicted octanol–water partition coefficient (Wildman–Crippen LogP) is -0.302. The van der Waals surface area contributed by atoms with Gasteiger partial charge in [0.25, 0.3) is 0 Å². The molecule has 0 aromatic rings. The molecule has 3 saturated heterocycles. The molecule has 39 heavy (non-hydrogen) atoms. The van der Waals surface area contributed by atoms with Crippen LogP contribution >= 0.6 is 0 Å². The first-order chi connectivity index (χ1) is 16.6. The number of β-amino-alcohol motifs (C(OH)–C–C–N with tert-alkyl or cyclic N) is 1. The molecule has 0 aromatic carbocycles. The van der Waals surface area contributed by atoms with E-state index < -0.39 is 29.0 Å². The molecule has 226 valence electrons. The molecular weight excluding hydrogens is 589 g/mol. The number of hydrogen-bond donors (Lipinski definition) is 1. The molecule has 3 aliphatic rings. The summed E-state index contributed by atoms with van der Waals surface area (Å²) in [6, 6.07) is 0. The number of ketones is 1. The Kier molecular flexibility index (Phi) is 22.2. The third kappa shape index (κ3) is 21.7. The normalized spacial score (nSPS) is 21.5. The van der Waals surface area contributed by atoms with E-state index in [1.165, 1.54) is 22.6 Å². The predicted molar refractivity (Wildman–Crippen MR) is 145 cm³/mol. The number of nitrogens with zero attached hydrogens (tertiary/aromatic N) is 2. The van der Waals surface area contributed by atoms with E-state index in [9.17, 15) is 19.5 Å². The number of Topliss-reactive ketones (excluding diaryl/α,β-unsaturated/α-hetero) is 1. The van der Waals surface area contributed by atoms with Crippen LogP contribution < -0.4 is 17.0 Å². The van der Waals surface area contributed by atoms with Crippen molar-refractivity contribution in [2.24, 2.45) is 0 Å². The number of carbonyl (C=O) groups excluding carboxylic acids is 3. The average Bonchev–Trinajstić information content (AvgIpc) is 3.16. The van der Waals surface area contributed by atoms with Crippen LogP contribution in [0.4, 0.5) is 9.59 Å². The second-order valence-corrected chi connectivity index (χ2v) is 11.3. The van der Waals surface area contributed by atoms with Gasteiger partial charge in [-0.15, -0.1) is 0 Å². The van der Waals surface area contributed by atoms with Gasteiger partial charge in [0.1, 0.15) is 23.4 Å². The first-order valence-corrected chi connectivity index (χ1v) is 12.5. The zero-order valence-electron chi connectivity index (χ0n) is 25.2. The van der Waals surface area contributed by atoms with E-state index in [4.69, 9.17) is 23.7 Å². The van der Waals surface area contributed by atoms with Crippen LogP contribution in [0.3, 0.4) is 0 Å². The second kappa shape index (κ2) is 20.2. The Morgan fingerprint density at radius 2 is 1.31 bits per heavy atom. The van der Waals surface area contributed by atoms with Gasteiger partial charge in [0.15, 0.2) is 5.78 Å². The zero-order valence-corrected chi connectivity index (χ0v) is 28.2. The number of carbonyl (C=O) groups is 3. The van der Waals surface area contributed by atoms with Crippen LogP contribution in [-0.4, -0.2) is 139 Å². The minimum absolute atomic E-state index is 0. The van der Waals surface area contributed by atoms with E-state index in [-0.39, 0.29) is 79.5 Å². The summed E-state index contributed by atoms with van der Waals surface area (Å²) in [6.07, 6.45) is 1.69. The summed E-state index contributed by atoms with van der Waals surface area (Å²) >= 11 is 0. The van der Waals surface area contributed by atoms with E-state index in [2.05, 4.69) is 0 Å². The zero-order chi connectivity index (χ0) is 27.4. The Labute approximate surface area is 261 Å². The van der Waals surface area contributed by atoms with E-state index in [0.717, 1.165) is 13.2 Å². The van der Waals surface area contributed by atoms with Crippen molar-refractivity contribution in [3.8, 4) is 0 Å². The minimum Gasteiger partial charge on any atom is -1.00 e. The molecule has 13 heteroatoms. The second-order valence-electron chi connectivity index (χ2n) is 11.3. The van der Waals surface area contributed by atoms with Crippen molar-refractivity contribution in [1.29, 1.82) is 0 Å². The molecule has 3 rings (SSSR count). The molecule has 0 aromatic heterocycles. The van der Waals surface area contributed by atoms with Gasteiger partial charge in [0, 0.05) is 26.3 Å². The first-order valence-electron chi connectivity index (χ1n) is 12.5. The van der Waals surface area contributed by atoms with E-state index >= 15 is 0 Å². The van der Waals surface area contributed by atoms with Gasteiger partial charge < -0.3 is 58.1 Å². The maximum Gasteiger partial charge on any atom is 2.00 e. The number of halogens is 1. The molecule has 3 fully saturated rings. The Bertz CT molecular complexity index is 701. The summed E-state index contributed by atoms with van der Waals surface area (Å²) in [4.78, 5) is 37.4. The third-order valence-electron chi connectivity index (χ3n) is 4.72. The van der Waals surface area contributed by atoms with Crippen molar-refractivity contribution < 1.29 is 60.2 Å². The number of hydrogen-bond acceptors (Lipinski definition) is 9. The molecule has 3 aliphatic heterocycles.